The van der Waals surface area contributed by atoms with Gasteiger partial charge in [-0.15, -0.1) is 0 Å². The number of hydrogen-bond donors (Lipinski definition) is 1. The highest BCUT2D eigenvalue weighted by Gasteiger charge is 2.32. The Kier molecular flexibility index (Phi) is 11.4. The Morgan fingerprint density at radius 2 is 1.68 bits per heavy atom. The van der Waals surface area contributed by atoms with Crippen molar-refractivity contribution in [3.63, 3.8) is 0 Å². The van der Waals surface area contributed by atoms with E-state index in [1.807, 2.05) is 13.8 Å². The number of carbonyl (C=O) groups excluding carboxylic acids is 2. The van der Waals surface area contributed by atoms with Crippen LogP contribution in [-0.2, 0) is 26.2 Å². The third-order valence-corrected chi connectivity index (χ3v) is 8.00. The fourth-order valence-corrected chi connectivity index (χ4v) is 5.03. The molecule has 8 nitrogen and oxygen atoms in total. The molecule has 12 heteroatoms. The zero-order chi connectivity index (χ0) is 27.9. The van der Waals surface area contributed by atoms with Gasteiger partial charge in [0.05, 0.1) is 34.1 Å². The van der Waals surface area contributed by atoms with E-state index in [0.29, 0.717) is 34.2 Å². The van der Waals surface area contributed by atoms with Gasteiger partial charge in [-0.05, 0) is 55.7 Å². The predicted molar refractivity (Wildman–Crippen MR) is 149 cm³/mol. The third-order valence-electron chi connectivity index (χ3n) is 5.83. The minimum atomic E-state index is -3.90. The lowest BCUT2D eigenvalue weighted by Crippen LogP contribution is -2.53. The van der Waals surface area contributed by atoms with Crippen LogP contribution in [0.4, 0.5) is 5.69 Å². The van der Waals surface area contributed by atoms with E-state index in [4.69, 9.17) is 39.5 Å². The third kappa shape index (κ3) is 8.40. The van der Waals surface area contributed by atoms with Crippen molar-refractivity contribution in [3.8, 4) is 5.75 Å². The second-order valence-corrected chi connectivity index (χ2v) is 11.7. The van der Waals surface area contributed by atoms with Crippen LogP contribution in [0.1, 0.15) is 39.2 Å². The number of halogens is 3. The van der Waals surface area contributed by atoms with Crippen LogP contribution >= 0.6 is 34.8 Å². The van der Waals surface area contributed by atoms with Gasteiger partial charge in [-0.2, -0.15) is 0 Å². The van der Waals surface area contributed by atoms with Gasteiger partial charge in [-0.25, -0.2) is 8.42 Å². The minimum Gasteiger partial charge on any atom is -0.495 e. The lowest BCUT2D eigenvalue weighted by Gasteiger charge is -2.33. The van der Waals surface area contributed by atoms with Gasteiger partial charge in [0.25, 0.3) is 0 Å². The molecule has 0 aliphatic heterocycles. The van der Waals surface area contributed by atoms with Crippen molar-refractivity contribution in [2.75, 3.05) is 24.2 Å². The number of ether oxygens (including phenoxy) is 1. The van der Waals surface area contributed by atoms with Crippen LogP contribution in [-0.4, -0.2) is 57.1 Å². The number of hydrogen-bond acceptors (Lipinski definition) is 5. The standard InChI is InChI=1S/C25H32Cl3N3O5S/c1-6-16(3)29-25(33)22(7-2)30(14-17-8-10-19(26)20(27)12-17)24(32)15-31(37(5,34)35)18-9-11-23(36-4)21(28)13-18/h8-13,16,22H,6-7,14-15H2,1-5H3,(H,29,33)/t16-,22+/m1/s1. The Morgan fingerprint density at radius 1 is 1.00 bits per heavy atom. The monoisotopic (exact) mass is 591 g/mol. The maximum atomic E-state index is 13.7. The van der Waals surface area contributed by atoms with Gasteiger partial charge < -0.3 is 15.0 Å². The normalized spacial score (nSPS) is 13.0. The highest BCUT2D eigenvalue weighted by atomic mass is 35.5. The minimum absolute atomic E-state index is 0.0170. The molecule has 2 amide bonds. The molecule has 204 valence electrons. The lowest BCUT2D eigenvalue weighted by atomic mass is 10.1. The molecule has 2 aromatic carbocycles. The maximum Gasteiger partial charge on any atom is 0.244 e. The molecule has 2 rings (SSSR count). The molecule has 0 radical (unpaired) electrons. The van der Waals surface area contributed by atoms with Gasteiger partial charge >= 0.3 is 0 Å². The number of carbonyl (C=O) groups is 2. The Morgan fingerprint density at radius 3 is 2.19 bits per heavy atom. The SMILES string of the molecule is CC[C@@H](C)NC(=O)[C@H](CC)N(Cc1ccc(Cl)c(Cl)c1)C(=O)CN(c1ccc(OC)c(Cl)c1)S(C)(=O)=O. The van der Waals surface area contributed by atoms with E-state index in [9.17, 15) is 18.0 Å². The summed E-state index contributed by atoms with van der Waals surface area (Å²) in [4.78, 5) is 28.2. The number of amides is 2. The Balaban J connectivity index is 2.49. The summed E-state index contributed by atoms with van der Waals surface area (Å²) in [6.45, 7) is 5.07. The van der Waals surface area contributed by atoms with Crippen LogP contribution in [0.5, 0.6) is 5.75 Å². The molecule has 0 heterocycles. The van der Waals surface area contributed by atoms with Crippen LogP contribution in [0, 0.1) is 0 Å². The molecule has 2 aromatic rings. The molecular weight excluding hydrogens is 561 g/mol. The number of benzene rings is 2. The van der Waals surface area contributed by atoms with Gasteiger partial charge in [0.1, 0.15) is 18.3 Å². The molecule has 0 aliphatic rings. The van der Waals surface area contributed by atoms with E-state index >= 15 is 0 Å². The number of anilines is 1. The molecule has 37 heavy (non-hydrogen) atoms. The molecule has 0 saturated heterocycles. The first-order valence-electron chi connectivity index (χ1n) is 11.7. The van der Waals surface area contributed by atoms with E-state index in [1.54, 1.807) is 25.1 Å². The second kappa shape index (κ2) is 13.6. The molecule has 0 unspecified atom stereocenters. The molecule has 2 atom stereocenters. The molecule has 1 N–H and O–H groups in total. The Labute approximate surface area is 233 Å². The first kappa shape index (κ1) is 31.0. The summed E-state index contributed by atoms with van der Waals surface area (Å²) >= 11 is 18.4. The molecule has 0 spiro atoms. The summed E-state index contributed by atoms with van der Waals surface area (Å²) in [5.74, 6) is -0.544. The summed E-state index contributed by atoms with van der Waals surface area (Å²) in [5, 5.41) is 3.75. The zero-order valence-electron chi connectivity index (χ0n) is 21.4. The highest BCUT2D eigenvalue weighted by molar-refractivity contribution is 7.92. The zero-order valence-corrected chi connectivity index (χ0v) is 24.5. The van der Waals surface area contributed by atoms with Crippen LogP contribution < -0.4 is 14.4 Å². The first-order chi connectivity index (χ1) is 17.3. The maximum absolute atomic E-state index is 13.7. The number of rotatable bonds is 12. The van der Waals surface area contributed by atoms with Crippen LogP contribution in [0.15, 0.2) is 36.4 Å². The molecule has 0 aliphatic carbocycles. The van der Waals surface area contributed by atoms with Gasteiger partial charge in [0.15, 0.2) is 0 Å². The quantitative estimate of drug-likeness (QED) is 0.368. The van der Waals surface area contributed by atoms with Crippen molar-refractivity contribution in [3.05, 3.63) is 57.0 Å². The summed E-state index contributed by atoms with van der Waals surface area (Å²) < 4.78 is 31.5. The molecule has 0 aromatic heterocycles. The lowest BCUT2D eigenvalue weighted by molar-refractivity contribution is -0.140. The van der Waals surface area contributed by atoms with Gasteiger partial charge in [-0.1, -0.05) is 54.7 Å². The van der Waals surface area contributed by atoms with Gasteiger partial charge in [0, 0.05) is 12.6 Å². The van der Waals surface area contributed by atoms with Gasteiger partial charge in [0.2, 0.25) is 21.8 Å². The number of methoxy groups -OCH3 is 1. The average Bonchev–Trinajstić information content (AvgIpc) is 2.83. The summed E-state index contributed by atoms with van der Waals surface area (Å²) in [7, 11) is -2.46. The first-order valence-corrected chi connectivity index (χ1v) is 14.7. The van der Waals surface area contributed by atoms with Crippen molar-refractivity contribution in [2.24, 2.45) is 0 Å². The summed E-state index contributed by atoms with van der Waals surface area (Å²) in [5.41, 5.74) is 0.823. The molecule has 0 fully saturated rings. The van der Waals surface area contributed by atoms with Crippen molar-refractivity contribution in [1.82, 2.24) is 10.2 Å². The predicted octanol–water partition coefficient (Wildman–Crippen LogP) is 5.14. The average molecular weight is 593 g/mol. The topological polar surface area (TPSA) is 96.0 Å². The van der Waals surface area contributed by atoms with E-state index < -0.39 is 28.5 Å². The van der Waals surface area contributed by atoms with E-state index in [2.05, 4.69) is 5.32 Å². The van der Waals surface area contributed by atoms with Crippen LogP contribution in [0.2, 0.25) is 15.1 Å². The van der Waals surface area contributed by atoms with E-state index in [0.717, 1.165) is 10.6 Å². The molecule has 0 bridgehead atoms. The molecule has 0 saturated carbocycles. The van der Waals surface area contributed by atoms with Gasteiger partial charge in [-0.3, -0.25) is 13.9 Å². The van der Waals surface area contributed by atoms with Crippen molar-refractivity contribution < 1.29 is 22.7 Å². The van der Waals surface area contributed by atoms with Crippen molar-refractivity contribution >= 4 is 62.3 Å². The van der Waals surface area contributed by atoms with E-state index in [1.165, 1.54) is 30.2 Å². The highest BCUT2D eigenvalue weighted by Crippen LogP contribution is 2.30. The van der Waals surface area contributed by atoms with Crippen molar-refractivity contribution in [2.45, 2.75) is 52.2 Å². The summed E-state index contributed by atoms with van der Waals surface area (Å²) in [6, 6.07) is 8.38. The number of nitrogens with one attached hydrogen (secondary N) is 1. The van der Waals surface area contributed by atoms with Crippen molar-refractivity contribution in [1.29, 1.82) is 0 Å². The van der Waals surface area contributed by atoms with Crippen LogP contribution in [0.25, 0.3) is 0 Å². The smallest absolute Gasteiger partial charge is 0.244 e. The number of nitrogens with zero attached hydrogens (tertiary/aromatic N) is 2. The second-order valence-electron chi connectivity index (χ2n) is 8.60. The summed E-state index contributed by atoms with van der Waals surface area (Å²) in [6.07, 6.45) is 2.01. The Hall–Kier alpha value is -2.20. The van der Waals surface area contributed by atoms with Crippen LogP contribution in [0.3, 0.4) is 0 Å². The fourth-order valence-electron chi connectivity index (χ4n) is 3.62. The van der Waals surface area contributed by atoms with E-state index in [-0.39, 0.29) is 29.2 Å². The molecular formula is C25H32Cl3N3O5S. The fraction of sp³-hybridized carbons (Fsp3) is 0.440. The largest absolute Gasteiger partial charge is 0.495 e. The number of sulfonamides is 1. The Bertz CT molecular complexity index is 1230.